The Morgan fingerprint density at radius 2 is 2.24 bits per heavy atom. The van der Waals surface area contributed by atoms with Crippen LogP contribution in [0.5, 0.6) is 0 Å². The van der Waals surface area contributed by atoms with Crippen LogP contribution in [0.4, 0.5) is 5.82 Å². The van der Waals surface area contributed by atoms with Crippen molar-refractivity contribution in [3.63, 3.8) is 0 Å². The van der Waals surface area contributed by atoms with Gasteiger partial charge in [0.1, 0.15) is 5.82 Å². The average molecular weight is 233 g/mol. The molecule has 0 aliphatic carbocycles. The lowest BCUT2D eigenvalue weighted by atomic mass is 10.2. The molecule has 0 radical (unpaired) electrons. The summed E-state index contributed by atoms with van der Waals surface area (Å²) in [5.41, 5.74) is 1.23. The molecule has 0 aliphatic rings. The van der Waals surface area contributed by atoms with Gasteiger partial charge in [-0.1, -0.05) is 19.1 Å². The monoisotopic (exact) mass is 233 g/mol. The molecule has 0 aromatic carbocycles. The molecule has 0 spiro atoms. The summed E-state index contributed by atoms with van der Waals surface area (Å²) < 4.78 is 0. The van der Waals surface area contributed by atoms with E-state index < -0.39 is 0 Å². The van der Waals surface area contributed by atoms with Gasteiger partial charge in [0.2, 0.25) is 0 Å². The normalized spacial score (nSPS) is 10.2. The minimum atomic E-state index is 0.844. The smallest absolute Gasteiger partial charge is 0.128 e. The Bertz CT molecular complexity index is 319. The highest BCUT2D eigenvalue weighted by atomic mass is 15.2. The van der Waals surface area contributed by atoms with E-state index in [1.807, 2.05) is 12.3 Å². The minimum Gasteiger partial charge on any atom is -0.353 e. The molecule has 0 saturated carbocycles. The summed E-state index contributed by atoms with van der Waals surface area (Å²) in [5, 5.41) is 3.37. The summed E-state index contributed by atoms with van der Waals surface area (Å²) in [4.78, 5) is 6.68. The third-order valence-corrected chi connectivity index (χ3v) is 2.62. The molecule has 1 N–H and O–H groups in total. The number of hydrogen-bond acceptors (Lipinski definition) is 3. The highest BCUT2D eigenvalue weighted by Crippen LogP contribution is 2.10. The Morgan fingerprint density at radius 3 is 2.76 bits per heavy atom. The lowest BCUT2D eigenvalue weighted by Gasteiger charge is -2.20. The molecule has 3 nitrogen and oxygen atoms in total. The van der Waals surface area contributed by atoms with Gasteiger partial charge in [-0.05, 0) is 31.5 Å². The van der Waals surface area contributed by atoms with Gasteiger partial charge in [0, 0.05) is 25.8 Å². The summed E-state index contributed by atoms with van der Waals surface area (Å²) in [7, 11) is 0. The quantitative estimate of drug-likeness (QED) is 0.552. The van der Waals surface area contributed by atoms with Crippen molar-refractivity contribution < 1.29 is 0 Å². The fourth-order valence-electron chi connectivity index (χ4n) is 1.66. The first-order valence-corrected chi connectivity index (χ1v) is 6.33. The van der Waals surface area contributed by atoms with E-state index in [9.17, 15) is 0 Å². The second kappa shape index (κ2) is 7.85. The number of hydrogen-bond donors (Lipinski definition) is 1. The minimum absolute atomic E-state index is 0.844. The Kier molecular flexibility index (Phi) is 6.33. The van der Waals surface area contributed by atoms with Crippen LogP contribution in [0.1, 0.15) is 25.8 Å². The van der Waals surface area contributed by atoms with Crippen LogP contribution in [-0.2, 0) is 6.54 Å². The molecule has 0 fully saturated rings. The molecule has 94 valence electrons. The van der Waals surface area contributed by atoms with Gasteiger partial charge in [-0.25, -0.2) is 4.98 Å². The van der Waals surface area contributed by atoms with E-state index >= 15 is 0 Å². The third-order valence-electron chi connectivity index (χ3n) is 2.62. The zero-order chi connectivity index (χ0) is 12.5. The number of nitrogens with zero attached hydrogens (tertiary/aromatic N) is 2. The van der Waals surface area contributed by atoms with Crippen LogP contribution in [0, 0.1) is 0 Å². The van der Waals surface area contributed by atoms with Crippen molar-refractivity contribution in [3.05, 3.63) is 36.5 Å². The van der Waals surface area contributed by atoms with Crippen LogP contribution in [0.25, 0.3) is 0 Å². The molecular formula is C14H23N3. The molecule has 0 atom stereocenters. The van der Waals surface area contributed by atoms with Crippen molar-refractivity contribution in [1.29, 1.82) is 0 Å². The second-order valence-corrected chi connectivity index (χ2v) is 4.03. The number of likely N-dealkylation sites (N-methyl/N-ethyl adjacent to an activating group) is 1. The number of pyridine rings is 1. The molecular weight excluding hydrogens is 210 g/mol. The number of anilines is 1. The second-order valence-electron chi connectivity index (χ2n) is 4.03. The van der Waals surface area contributed by atoms with Crippen molar-refractivity contribution in [3.8, 4) is 0 Å². The molecule has 3 heteroatoms. The van der Waals surface area contributed by atoms with E-state index in [2.05, 4.69) is 47.8 Å². The van der Waals surface area contributed by atoms with E-state index in [1.165, 1.54) is 5.56 Å². The largest absolute Gasteiger partial charge is 0.353 e. The first-order valence-electron chi connectivity index (χ1n) is 6.33. The predicted octanol–water partition coefficient (Wildman–Crippen LogP) is 2.59. The van der Waals surface area contributed by atoms with Gasteiger partial charge in [-0.15, -0.1) is 6.58 Å². The van der Waals surface area contributed by atoms with E-state index in [4.69, 9.17) is 0 Å². The van der Waals surface area contributed by atoms with Crippen molar-refractivity contribution in [2.24, 2.45) is 0 Å². The van der Waals surface area contributed by atoms with E-state index in [0.717, 1.165) is 38.4 Å². The summed E-state index contributed by atoms with van der Waals surface area (Å²) in [6.45, 7) is 11.8. The molecule has 1 rings (SSSR count). The molecule has 0 unspecified atom stereocenters. The fourth-order valence-corrected chi connectivity index (χ4v) is 1.66. The zero-order valence-corrected chi connectivity index (χ0v) is 10.9. The summed E-state index contributed by atoms with van der Waals surface area (Å²) >= 11 is 0. The lowest BCUT2D eigenvalue weighted by Crippen LogP contribution is -2.23. The van der Waals surface area contributed by atoms with Crippen LogP contribution in [-0.4, -0.2) is 24.6 Å². The number of nitrogens with one attached hydrogen (secondary N) is 1. The Morgan fingerprint density at radius 1 is 1.41 bits per heavy atom. The molecule has 1 heterocycles. The van der Waals surface area contributed by atoms with Gasteiger partial charge in [-0.2, -0.15) is 0 Å². The van der Waals surface area contributed by atoms with E-state index in [0.29, 0.717) is 0 Å². The van der Waals surface area contributed by atoms with E-state index in [1.54, 1.807) is 0 Å². The van der Waals surface area contributed by atoms with Gasteiger partial charge in [-0.3, -0.25) is 0 Å². The van der Waals surface area contributed by atoms with Crippen molar-refractivity contribution in [2.45, 2.75) is 26.8 Å². The molecule has 0 bridgehead atoms. The first kappa shape index (κ1) is 13.7. The SMILES string of the molecule is C=CCN(CC)c1ccc(CNCCC)cn1. The van der Waals surface area contributed by atoms with Crippen LogP contribution in [0.15, 0.2) is 31.0 Å². The van der Waals surface area contributed by atoms with Crippen molar-refractivity contribution in [2.75, 3.05) is 24.5 Å². The molecule has 0 amide bonds. The predicted molar refractivity (Wildman–Crippen MR) is 74.3 cm³/mol. The summed E-state index contributed by atoms with van der Waals surface area (Å²) in [6.07, 6.45) is 5.01. The zero-order valence-electron chi connectivity index (χ0n) is 10.9. The van der Waals surface area contributed by atoms with Crippen LogP contribution in [0.2, 0.25) is 0 Å². The van der Waals surface area contributed by atoms with Gasteiger partial charge in [0.05, 0.1) is 0 Å². The summed E-state index contributed by atoms with van der Waals surface area (Å²) in [6, 6.07) is 4.21. The Labute approximate surface area is 105 Å². The maximum absolute atomic E-state index is 4.49. The van der Waals surface area contributed by atoms with Gasteiger partial charge in [0.25, 0.3) is 0 Å². The first-order chi connectivity index (χ1) is 8.31. The molecule has 0 aliphatic heterocycles. The maximum atomic E-state index is 4.49. The average Bonchev–Trinajstić information content (AvgIpc) is 2.37. The number of rotatable bonds is 8. The topological polar surface area (TPSA) is 28.2 Å². The number of aromatic nitrogens is 1. The fraction of sp³-hybridized carbons (Fsp3) is 0.500. The van der Waals surface area contributed by atoms with Gasteiger partial charge in [0.15, 0.2) is 0 Å². The highest BCUT2D eigenvalue weighted by Gasteiger charge is 2.03. The standard InChI is InChI=1S/C14H23N3/c1-4-9-15-11-13-7-8-14(16-12-13)17(6-3)10-5-2/h5,7-8,12,15H,2,4,6,9-11H2,1,3H3. The molecule has 0 saturated heterocycles. The van der Waals surface area contributed by atoms with E-state index in [-0.39, 0.29) is 0 Å². The van der Waals surface area contributed by atoms with Crippen LogP contribution < -0.4 is 10.2 Å². The van der Waals surface area contributed by atoms with Crippen molar-refractivity contribution >= 4 is 5.82 Å². The van der Waals surface area contributed by atoms with Gasteiger partial charge >= 0.3 is 0 Å². The Balaban J connectivity index is 2.56. The summed E-state index contributed by atoms with van der Waals surface area (Å²) in [5.74, 6) is 1.02. The third kappa shape index (κ3) is 4.57. The van der Waals surface area contributed by atoms with Crippen molar-refractivity contribution in [1.82, 2.24) is 10.3 Å². The van der Waals surface area contributed by atoms with Gasteiger partial charge < -0.3 is 10.2 Å². The molecule has 17 heavy (non-hydrogen) atoms. The molecule has 1 aromatic rings. The molecule has 1 aromatic heterocycles. The van der Waals surface area contributed by atoms with Crippen LogP contribution >= 0.6 is 0 Å². The van der Waals surface area contributed by atoms with Crippen LogP contribution in [0.3, 0.4) is 0 Å². The Hall–Kier alpha value is -1.35. The maximum Gasteiger partial charge on any atom is 0.128 e. The highest BCUT2D eigenvalue weighted by molar-refractivity contribution is 5.39. The lowest BCUT2D eigenvalue weighted by molar-refractivity contribution is 0.673.